The molecule has 2 heterocycles. The molecule has 0 saturated carbocycles. The monoisotopic (exact) mass is 209 g/mol. The van der Waals surface area contributed by atoms with Gasteiger partial charge in [-0.2, -0.15) is 4.98 Å². The maximum atomic E-state index is 10.4. The molecule has 0 aromatic carbocycles. The minimum Gasteiger partial charge on any atom is -0.358 e. The fraction of sp³-hybridized carbons (Fsp3) is 0. The van der Waals surface area contributed by atoms with Crippen LogP contribution in [-0.2, 0) is 0 Å². The summed E-state index contributed by atoms with van der Waals surface area (Å²) in [6, 6.07) is 6.24. The van der Waals surface area contributed by atoms with Gasteiger partial charge in [-0.3, -0.25) is 0 Å². The molecule has 2 aromatic heterocycles. The molecule has 0 bridgehead atoms. The molecule has 0 saturated heterocycles. The van der Waals surface area contributed by atoms with Crippen molar-refractivity contribution in [2.24, 2.45) is 0 Å². The predicted molar refractivity (Wildman–Crippen MR) is 51.2 cm³/mol. The van der Waals surface area contributed by atoms with E-state index in [4.69, 9.17) is 11.6 Å². The Morgan fingerprint density at radius 1 is 1.21 bits per heavy atom. The lowest BCUT2D eigenvalue weighted by molar-refractivity contribution is -0.389. The maximum Gasteiger partial charge on any atom is 0.365 e. The Kier molecular flexibility index (Phi) is 2.01. The number of rotatable bonds is 1. The average Bonchev–Trinajstić information content (AvgIpc) is 2.16. The van der Waals surface area contributed by atoms with E-state index in [0.717, 1.165) is 5.39 Å². The largest absolute Gasteiger partial charge is 0.365 e. The van der Waals surface area contributed by atoms with Gasteiger partial charge in [-0.25, -0.2) is 0 Å². The van der Waals surface area contributed by atoms with Gasteiger partial charge in [0.25, 0.3) is 5.65 Å². The number of nitro groups is 1. The second-order valence-corrected chi connectivity index (χ2v) is 2.99. The van der Waals surface area contributed by atoms with E-state index in [2.05, 4.69) is 9.97 Å². The quantitative estimate of drug-likeness (QED) is 0.410. The predicted octanol–water partition coefficient (Wildman–Crippen LogP) is 2.19. The fourth-order valence-corrected chi connectivity index (χ4v) is 1.21. The summed E-state index contributed by atoms with van der Waals surface area (Å²) in [4.78, 5) is 17.5. The molecule has 2 rings (SSSR count). The van der Waals surface area contributed by atoms with Crippen LogP contribution in [0.4, 0.5) is 5.82 Å². The Labute approximate surface area is 83.5 Å². The minimum atomic E-state index is -0.567. The summed E-state index contributed by atoms with van der Waals surface area (Å²) in [5, 5.41) is 11.4. The topological polar surface area (TPSA) is 68.9 Å². The molecule has 0 fully saturated rings. The van der Waals surface area contributed by atoms with Crippen molar-refractivity contribution in [3.63, 3.8) is 0 Å². The van der Waals surface area contributed by atoms with Crippen LogP contribution in [0.5, 0.6) is 0 Å². The lowest BCUT2D eigenvalue weighted by Gasteiger charge is -1.94. The number of hydrogen-bond donors (Lipinski definition) is 0. The summed E-state index contributed by atoms with van der Waals surface area (Å²) >= 11 is 5.63. The van der Waals surface area contributed by atoms with Gasteiger partial charge in [-0.05, 0) is 28.1 Å². The van der Waals surface area contributed by atoms with Crippen molar-refractivity contribution in [2.45, 2.75) is 0 Å². The molecule has 0 N–H and O–H groups in total. The third kappa shape index (κ3) is 1.49. The standard InChI is InChI=1S/C8H4ClN3O2/c9-6-3-1-5-2-4-7(12(13)14)11-8(5)10-6/h1-4H. The van der Waals surface area contributed by atoms with Crippen LogP contribution in [0, 0.1) is 10.1 Å². The summed E-state index contributed by atoms with van der Waals surface area (Å²) < 4.78 is 0. The summed E-state index contributed by atoms with van der Waals surface area (Å²) in [6.45, 7) is 0. The summed E-state index contributed by atoms with van der Waals surface area (Å²) in [5.41, 5.74) is 0.284. The molecule has 0 radical (unpaired) electrons. The van der Waals surface area contributed by atoms with E-state index in [1.165, 1.54) is 6.07 Å². The van der Waals surface area contributed by atoms with Gasteiger partial charge in [0.15, 0.2) is 0 Å². The van der Waals surface area contributed by atoms with Crippen molar-refractivity contribution in [3.05, 3.63) is 39.5 Å². The molecule has 2 aromatic rings. The Bertz CT molecular complexity index is 515. The molecule has 14 heavy (non-hydrogen) atoms. The molecule has 0 aliphatic carbocycles. The first-order valence-corrected chi connectivity index (χ1v) is 4.12. The summed E-state index contributed by atoms with van der Waals surface area (Å²) in [7, 11) is 0. The van der Waals surface area contributed by atoms with E-state index >= 15 is 0 Å². The maximum absolute atomic E-state index is 10.4. The van der Waals surface area contributed by atoms with Crippen molar-refractivity contribution >= 4 is 28.5 Å². The number of hydrogen-bond acceptors (Lipinski definition) is 4. The van der Waals surface area contributed by atoms with Gasteiger partial charge in [-0.1, -0.05) is 11.6 Å². The first-order valence-electron chi connectivity index (χ1n) is 3.74. The van der Waals surface area contributed by atoms with Gasteiger partial charge in [-0.15, -0.1) is 0 Å². The normalized spacial score (nSPS) is 10.4. The van der Waals surface area contributed by atoms with Crippen LogP contribution in [0.1, 0.15) is 0 Å². The van der Waals surface area contributed by atoms with Gasteiger partial charge < -0.3 is 10.1 Å². The molecule has 0 spiro atoms. The average molecular weight is 210 g/mol. The van der Waals surface area contributed by atoms with E-state index in [0.29, 0.717) is 0 Å². The molecule has 0 aliphatic rings. The molecule has 5 nitrogen and oxygen atoms in total. The van der Waals surface area contributed by atoms with E-state index in [-0.39, 0.29) is 16.6 Å². The van der Waals surface area contributed by atoms with Crippen molar-refractivity contribution in [2.75, 3.05) is 0 Å². The first kappa shape index (κ1) is 8.83. The minimum absolute atomic E-state index is 0.229. The van der Waals surface area contributed by atoms with Crippen molar-refractivity contribution in [3.8, 4) is 0 Å². The van der Waals surface area contributed by atoms with Gasteiger partial charge in [0.1, 0.15) is 5.15 Å². The van der Waals surface area contributed by atoms with Gasteiger partial charge in [0.05, 0.1) is 0 Å². The Morgan fingerprint density at radius 3 is 2.64 bits per heavy atom. The molecular weight excluding hydrogens is 206 g/mol. The van der Waals surface area contributed by atoms with E-state index < -0.39 is 4.92 Å². The molecular formula is C8H4ClN3O2. The molecule has 0 unspecified atom stereocenters. The van der Waals surface area contributed by atoms with Crippen LogP contribution in [0.2, 0.25) is 5.15 Å². The third-order valence-corrected chi connectivity index (χ3v) is 1.90. The smallest absolute Gasteiger partial charge is 0.358 e. The third-order valence-electron chi connectivity index (χ3n) is 1.69. The Hall–Kier alpha value is -1.75. The van der Waals surface area contributed by atoms with Crippen molar-refractivity contribution < 1.29 is 4.92 Å². The second kappa shape index (κ2) is 3.19. The zero-order valence-corrected chi connectivity index (χ0v) is 7.60. The summed E-state index contributed by atoms with van der Waals surface area (Å²) in [6.07, 6.45) is 0. The van der Waals surface area contributed by atoms with Gasteiger partial charge in [0.2, 0.25) is 0 Å². The number of nitrogens with zero attached hydrogens (tertiary/aromatic N) is 3. The van der Waals surface area contributed by atoms with Crippen LogP contribution in [0.25, 0.3) is 11.0 Å². The van der Waals surface area contributed by atoms with Gasteiger partial charge >= 0.3 is 5.82 Å². The van der Waals surface area contributed by atoms with E-state index in [1.54, 1.807) is 18.2 Å². The highest BCUT2D eigenvalue weighted by Gasteiger charge is 2.10. The number of pyridine rings is 2. The van der Waals surface area contributed by atoms with Crippen molar-refractivity contribution in [1.82, 2.24) is 9.97 Å². The number of aromatic nitrogens is 2. The Balaban J connectivity index is 2.69. The van der Waals surface area contributed by atoms with Crippen LogP contribution < -0.4 is 0 Å². The highest BCUT2D eigenvalue weighted by molar-refractivity contribution is 6.29. The highest BCUT2D eigenvalue weighted by Crippen LogP contribution is 2.16. The number of fused-ring (bicyclic) bond motifs is 1. The summed E-state index contributed by atoms with van der Waals surface area (Å²) in [5.74, 6) is -0.229. The fourth-order valence-electron chi connectivity index (χ4n) is 1.07. The number of halogens is 1. The van der Waals surface area contributed by atoms with Crippen LogP contribution in [0.3, 0.4) is 0 Å². The molecule has 0 aliphatic heterocycles. The molecule has 70 valence electrons. The zero-order chi connectivity index (χ0) is 10.1. The lowest BCUT2D eigenvalue weighted by atomic mass is 10.3. The van der Waals surface area contributed by atoms with Crippen molar-refractivity contribution in [1.29, 1.82) is 0 Å². The second-order valence-electron chi connectivity index (χ2n) is 2.61. The molecule has 0 atom stereocenters. The van der Waals surface area contributed by atoms with Gasteiger partial charge in [0, 0.05) is 11.5 Å². The molecule has 6 heteroatoms. The molecule has 0 amide bonds. The highest BCUT2D eigenvalue weighted by atomic mass is 35.5. The first-order chi connectivity index (χ1) is 6.66. The zero-order valence-electron chi connectivity index (χ0n) is 6.85. The van der Waals surface area contributed by atoms with Crippen LogP contribution in [-0.4, -0.2) is 14.9 Å². The Morgan fingerprint density at radius 2 is 1.93 bits per heavy atom. The SMILES string of the molecule is O=[N+]([O-])c1ccc2ccc(Cl)nc2n1. The lowest BCUT2D eigenvalue weighted by Crippen LogP contribution is -1.93. The van der Waals surface area contributed by atoms with E-state index in [1.807, 2.05) is 0 Å². The van der Waals surface area contributed by atoms with Crippen LogP contribution in [0.15, 0.2) is 24.3 Å². The van der Waals surface area contributed by atoms with Crippen LogP contribution >= 0.6 is 11.6 Å². The van der Waals surface area contributed by atoms with E-state index in [9.17, 15) is 10.1 Å².